The highest BCUT2D eigenvalue weighted by atomic mass is 32.1. The number of carbonyl (C=O) groups excluding carboxylic acids is 1. The second-order valence-electron chi connectivity index (χ2n) is 8.46. The molecule has 0 saturated carbocycles. The topological polar surface area (TPSA) is 65.4 Å². The molecule has 1 aliphatic heterocycles. The van der Waals surface area contributed by atoms with E-state index in [9.17, 15) is 4.79 Å². The van der Waals surface area contributed by atoms with E-state index in [1.807, 2.05) is 60.0 Å². The highest BCUT2D eigenvalue weighted by Gasteiger charge is 2.23. The Morgan fingerprint density at radius 2 is 1.88 bits per heavy atom. The average molecular weight is 474 g/mol. The van der Waals surface area contributed by atoms with Crippen molar-refractivity contribution in [2.75, 3.05) is 6.61 Å². The summed E-state index contributed by atoms with van der Waals surface area (Å²) in [4.78, 5) is 17.1. The summed E-state index contributed by atoms with van der Waals surface area (Å²) in [6.07, 6.45) is 0.218. The lowest BCUT2D eigenvalue weighted by molar-refractivity contribution is -0.120. The van der Waals surface area contributed by atoms with Gasteiger partial charge in [0.05, 0.1) is 18.7 Å². The molecule has 0 bridgehead atoms. The van der Waals surface area contributed by atoms with Crippen LogP contribution in [0.15, 0.2) is 66.0 Å². The first-order valence-electron chi connectivity index (χ1n) is 11.4. The van der Waals surface area contributed by atoms with Crippen molar-refractivity contribution in [3.63, 3.8) is 0 Å². The van der Waals surface area contributed by atoms with E-state index in [2.05, 4.69) is 29.8 Å². The number of rotatable bonds is 7. The van der Waals surface area contributed by atoms with Crippen LogP contribution in [0.3, 0.4) is 0 Å². The van der Waals surface area contributed by atoms with E-state index in [0.717, 1.165) is 44.7 Å². The first kappa shape index (κ1) is 22.2. The van der Waals surface area contributed by atoms with E-state index in [0.29, 0.717) is 19.7 Å². The second kappa shape index (κ2) is 9.73. The molecule has 0 aliphatic carbocycles. The normalized spacial score (nSPS) is 14.7. The number of aromatic nitrogens is 2. The minimum atomic E-state index is -0.0631. The van der Waals surface area contributed by atoms with Gasteiger partial charge >= 0.3 is 0 Å². The van der Waals surface area contributed by atoms with Gasteiger partial charge in [-0.1, -0.05) is 42.5 Å². The van der Waals surface area contributed by atoms with Crippen LogP contribution in [0.5, 0.6) is 11.5 Å². The van der Waals surface area contributed by atoms with Crippen molar-refractivity contribution in [3.8, 4) is 22.8 Å². The maximum atomic E-state index is 12.4. The van der Waals surface area contributed by atoms with Crippen molar-refractivity contribution in [2.45, 2.75) is 39.5 Å². The van der Waals surface area contributed by atoms with Crippen LogP contribution in [-0.4, -0.2) is 28.2 Å². The highest BCUT2D eigenvalue weighted by molar-refractivity contribution is 7.10. The van der Waals surface area contributed by atoms with Crippen LogP contribution in [0.25, 0.3) is 11.3 Å². The second-order valence-corrected chi connectivity index (χ2v) is 9.40. The van der Waals surface area contributed by atoms with Crippen molar-refractivity contribution >= 4 is 17.2 Å². The summed E-state index contributed by atoms with van der Waals surface area (Å²) in [6.45, 7) is 5.94. The molecular weight excluding hydrogens is 446 g/mol. The van der Waals surface area contributed by atoms with Crippen molar-refractivity contribution in [1.29, 1.82) is 0 Å². The van der Waals surface area contributed by atoms with Gasteiger partial charge in [0.15, 0.2) is 17.6 Å². The van der Waals surface area contributed by atoms with E-state index < -0.39 is 0 Å². The molecule has 2 aromatic heterocycles. The zero-order valence-corrected chi connectivity index (χ0v) is 20.1. The van der Waals surface area contributed by atoms with Crippen LogP contribution < -0.4 is 14.8 Å². The number of hydrogen-bond donors (Lipinski definition) is 1. The molecule has 1 aliphatic rings. The molecule has 5 rings (SSSR count). The Kier molecular flexibility index (Phi) is 6.36. The third-order valence-corrected chi connectivity index (χ3v) is 6.85. The van der Waals surface area contributed by atoms with Crippen LogP contribution in [0.1, 0.15) is 22.0 Å². The summed E-state index contributed by atoms with van der Waals surface area (Å²) >= 11 is 1.52. The average Bonchev–Trinajstić information content (AvgIpc) is 3.43. The third-order valence-electron chi connectivity index (χ3n) is 6.00. The molecule has 1 amide bonds. The Labute approximate surface area is 203 Å². The van der Waals surface area contributed by atoms with Crippen LogP contribution in [-0.2, 0) is 24.3 Å². The minimum absolute atomic E-state index is 0.0232. The molecule has 3 heterocycles. The molecule has 2 aromatic carbocycles. The van der Waals surface area contributed by atoms with Crippen molar-refractivity contribution in [2.24, 2.45) is 0 Å². The monoisotopic (exact) mass is 473 g/mol. The summed E-state index contributed by atoms with van der Waals surface area (Å²) in [6, 6.07) is 19.8. The maximum Gasteiger partial charge on any atom is 0.227 e. The Morgan fingerprint density at radius 1 is 1.12 bits per heavy atom. The Hall–Kier alpha value is -3.58. The molecule has 6 nitrogen and oxygen atoms in total. The Bertz CT molecular complexity index is 1300. The first-order chi connectivity index (χ1) is 16.6. The number of ether oxygens (including phenoxy) is 2. The van der Waals surface area contributed by atoms with Gasteiger partial charge in [0, 0.05) is 28.9 Å². The molecule has 4 aromatic rings. The van der Waals surface area contributed by atoms with E-state index in [4.69, 9.17) is 14.5 Å². The van der Waals surface area contributed by atoms with Gasteiger partial charge in [-0.05, 0) is 37.6 Å². The van der Waals surface area contributed by atoms with Crippen molar-refractivity contribution in [1.82, 2.24) is 14.9 Å². The SMILES string of the molecule is Cc1cc(-c2csc(CC(=O)NCc3ccccc3)n2)c(C)n1CC1COc2ccccc2O1. The highest BCUT2D eigenvalue weighted by Crippen LogP contribution is 2.33. The molecule has 0 fully saturated rings. The van der Waals surface area contributed by atoms with Crippen LogP contribution in [0.4, 0.5) is 0 Å². The van der Waals surface area contributed by atoms with Crippen LogP contribution in [0.2, 0.25) is 0 Å². The zero-order chi connectivity index (χ0) is 23.5. The third kappa shape index (κ3) is 4.84. The number of benzene rings is 2. The number of carbonyl (C=O) groups is 1. The van der Waals surface area contributed by atoms with Crippen molar-refractivity contribution < 1.29 is 14.3 Å². The molecule has 0 spiro atoms. The Morgan fingerprint density at radius 3 is 2.71 bits per heavy atom. The minimum Gasteiger partial charge on any atom is -0.486 e. The van der Waals surface area contributed by atoms with Gasteiger partial charge in [0.25, 0.3) is 0 Å². The summed E-state index contributed by atoms with van der Waals surface area (Å²) in [7, 11) is 0. The number of para-hydroxylation sites is 2. The number of thiazole rings is 1. The van der Waals surface area contributed by atoms with Gasteiger partial charge in [0.2, 0.25) is 5.91 Å². The number of nitrogens with zero attached hydrogens (tertiary/aromatic N) is 2. The number of aryl methyl sites for hydroxylation is 1. The van der Waals surface area contributed by atoms with Gasteiger partial charge in [-0.3, -0.25) is 4.79 Å². The molecule has 1 atom stereocenters. The summed E-state index contributed by atoms with van der Waals surface area (Å²) in [5.74, 6) is 1.56. The largest absolute Gasteiger partial charge is 0.486 e. The van der Waals surface area contributed by atoms with E-state index in [1.165, 1.54) is 11.3 Å². The summed E-state index contributed by atoms with van der Waals surface area (Å²) < 4.78 is 14.3. The van der Waals surface area contributed by atoms with Gasteiger partial charge in [0.1, 0.15) is 11.6 Å². The molecule has 1 unspecified atom stereocenters. The van der Waals surface area contributed by atoms with Crippen LogP contribution >= 0.6 is 11.3 Å². The number of hydrogen-bond acceptors (Lipinski definition) is 5. The molecule has 1 N–H and O–H groups in total. The van der Waals surface area contributed by atoms with E-state index in [1.54, 1.807) is 0 Å². The van der Waals surface area contributed by atoms with Gasteiger partial charge < -0.3 is 19.4 Å². The number of nitrogens with one attached hydrogen (secondary N) is 1. The predicted molar refractivity (Wildman–Crippen MR) is 133 cm³/mol. The number of amides is 1. The predicted octanol–water partition coefficient (Wildman–Crippen LogP) is 4.93. The summed E-state index contributed by atoms with van der Waals surface area (Å²) in [5, 5.41) is 5.81. The fourth-order valence-electron chi connectivity index (χ4n) is 4.21. The molecule has 0 saturated heterocycles. The standard InChI is InChI=1S/C27H27N3O3S/c1-18-12-22(19(2)30(18)15-21-16-32-24-10-6-7-11-25(24)33-21)23-17-34-27(29-23)13-26(31)28-14-20-8-4-3-5-9-20/h3-12,17,21H,13-16H2,1-2H3,(H,28,31). The van der Waals surface area contributed by atoms with Crippen molar-refractivity contribution in [3.05, 3.63) is 88.0 Å². The first-order valence-corrected chi connectivity index (χ1v) is 12.3. The molecule has 34 heavy (non-hydrogen) atoms. The smallest absolute Gasteiger partial charge is 0.227 e. The lowest BCUT2D eigenvalue weighted by Crippen LogP contribution is -2.33. The Balaban J connectivity index is 1.24. The molecule has 174 valence electrons. The molecule has 0 radical (unpaired) electrons. The maximum absolute atomic E-state index is 12.4. The fourth-order valence-corrected chi connectivity index (χ4v) is 5.00. The van der Waals surface area contributed by atoms with Gasteiger partial charge in [-0.15, -0.1) is 11.3 Å². The zero-order valence-electron chi connectivity index (χ0n) is 19.3. The van der Waals surface area contributed by atoms with Gasteiger partial charge in [-0.25, -0.2) is 4.98 Å². The molecule has 7 heteroatoms. The lowest BCUT2D eigenvalue weighted by Gasteiger charge is -2.27. The van der Waals surface area contributed by atoms with E-state index >= 15 is 0 Å². The van der Waals surface area contributed by atoms with Gasteiger partial charge in [-0.2, -0.15) is 0 Å². The van der Waals surface area contributed by atoms with Crippen LogP contribution in [0, 0.1) is 13.8 Å². The lowest BCUT2D eigenvalue weighted by atomic mass is 10.2. The number of fused-ring (bicyclic) bond motifs is 1. The quantitative estimate of drug-likeness (QED) is 0.414. The van der Waals surface area contributed by atoms with E-state index in [-0.39, 0.29) is 18.4 Å². The fraction of sp³-hybridized carbons (Fsp3) is 0.259. The molecular formula is C27H27N3O3S. The summed E-state index contributed by atoms with van der Waals surface area (Å²) in [5.41, 5.74) is 5.34.